The van der Waals surface area contributed by atoms with Gasteiger partial charge in [0.25, 0.3) is 0 Å². The number of nitrogens with one attached hydrogen (secondary N) is 1. The number of hydrogen-bond donors (Lipinski definition) is 2. The van der Waals surface area contributed by atoms with Crippen LogP contribution in [-0.4, -0.2) is 54.0 Å². The second kappa shape index (κ2) is 8.37. The number of benzene rings is 1. The summed E-state index contributed by atoms with van der Waals surface area (Å²) in [7, 11) is 1.55. The number of carbonyl (C=O) groups is 3. The van der Waals surface area contributed by atoms with Gasteiger partial charge < -0.3 is 24.5 Å². The summed E-state index contributed by atoms with van der Waals surface area (Å²) in [5.74, 6) is -1.07. The van der Waals surface area contributed by atoms with Crippen LogP contribution in [0.2, 0.25) is 0 Å². The van der Waals surface area contributed by atoms with Crippen LogP contribution < -0.4 is 10.1 Å². The monoisotopic (exact) mass is 362 g/mol. The van der Waals surface area contributed by atoms with Crippen molar-refractivity contribution >= 4 is 28.8 Å². The van der Waals surface area contributed by atoms with E-state index in [-0.39, 0.29) is 31.3 Å². The fraction of sp³-hybridized carbons (Fsp3) is 0.389. The Hall–Kier alpha value is -3.03. The Morgan fingerprint density at radius 1 is 1.35 bits per heavy atom. The third-order valence-electron chi connectivity index (χ3n) is 4.08. The molecule has 2 N–H and O–H groups in total. The highest BCUT2D eigenvalue weighted by Crippen LogP contribution is 2.26. The lowest BCUT2D eigenvalue weighted by molar-refractivity contribution is -0.149. The molecule has 26 heavy (non-hydrogen) atoms. The Morgan fingerprint density at radius 2 is 2.08 bits per heavy atom. The molecule has 0 saturated heterocycles. The third-order valence-corrected chi connectivity index (χ3v) is 4.08. The van der Waals surface area contributed by atoms with Crippen LogP contribution in [0, 0.1) is 0 Å². The van der Waals surface area contributed by atoms with E-state index in [2.05, 4.69) is 5.32 Å². The lowest BCUT2D eigenvalue weighted by Gasteiger charge is -2.26. The van der Waals surface area contributed by atoms with E-state index in [4.69, 9.17) is 9.15 Å². The standard InChI is InChI=1S/C18H22N2O6/c1-11(18(23)24)20(7-6-19-12(2)21)17(22)8-13-10-26-16-9-14(25-3)4-5-15(13)16/h4-5,9-11H,6-8H2,1-3H3,(H,19,21)(H,23,24). The largest absolute Gasteiger partial charge is 0.497 e. The summed E-state index contributed by atoms with van der Waals surface area (Å²) in [5, 5.41) is 12.6. The van der Waals surface area contributed by atoms with Crippen molar-refractivity contribution < 1.29 is 28.6 Å². The zero-order valence-corrected chi connectivity index (χ0v) is 14.9. The van der Waals surface area contributed by atoms with E-state index in [1.807, 2.05) is 0 Å². The summed E-state index contributed by atoms with van der Waals surface area (Å²) in [5.41, 5.74) is 1.25. The molecule has 1 heterocycles. The molecule has 0 fully saturated rings. The van der Waals surface area contributed by atoms with Gasteiger partial charge in [0.2, 0.25) is 11.8 Å². The molecule has 0 aliphatic carbocycles. The normalized spacial score (nSPS) is 11.8. The summed E-state index contributed by atoms with van der Waals surface area (Å²) in [6, 6.07) is 4.27. The Labute approximate surface area is 150 Å². The first-order valence-electron chi connectivity index (χ1n) is 8.14. The number of carbonyl (C=O) groups excluding carboxylic acids is 2. The molecule has 2 rings (SSSR count). The van der Waals surface area contributed by atoms with Crippen molar-refractivity contribution in [2.24, 2.45) is 0 Å². The first-order chi connectivity index (χ1) is 12.3. The number of fused-ring (bicyclic) bond motifs is 1. The van der Waals surface area contributed by atoms with Gasteiger partial charge in [0.15, 0.2) is 0 Å². The molecule has 1 aromatic heterocycles. The summed E-state index contributed by atoms with van der Waals surface area (Å²) in [6.07, 6.45) is 1.48. The second-order valence-electron chi connectivity index (χ2n) is 5.88. The van der Waals surface area contributed by atoms with Gasteiger partial charge in [0.05, 0.1) is 19.8 Å². The molecule has 0 aliphatic heterocycles. The zero-order valence-electron chi connectivity index (χ0n) is 14.9. The van der Waals surface area contributed by atoms with Crippen LogP contribution in [0.5, 0.6) is 5.75 Å². The first-order valence-corrected chi connectivity index (χ1v) is 8.14. The maximum Gasteiger partial charge on any atom is 0.326 e. The molecule has 8 heteroatoms. The van der Waals surface area contributed by atoms with Crippen molar-refractivity contribution in [3.05, 3.63) is 30.0 Å². The van der Waals surface area contributed by atoms with Crippen LogP contribution in [0.1, 0.15) is 19.4 Å². The molecular formula is C18H22N2O6. The zero-order chi connectivity index (χ0) is 19.3. The number of amides is 2. The van der Waals surface area contributed by atoms with Gasteiger partial charge in [0, 0.05) is 37.0 Å². The quantitative estimate of drug-likeness (QED) is 0.735. The van der Waals surface area contributed by atoms with Crippen molar-refractivity contribution in [2.45, 2.75) is 26.3 Å². The average molecular weight is 362 g/mol. The van der Waals surface area contributed by atoms with Crippen LogP contribution in [0.3, 0.4) is 0 Å². The van der Waals surface area contributed by atoms with E-state index in [1.165, 1.54) is 25.0 Å². The van der Waals surface area contributed by atoms with Crippen molar-refractivity contribution in [3.8, 4) is 5.75 Å². The van der Waals surface area contributed by atoms with E-state index >= 15 is 0 Å². The van der Waals surface area contributed by atoms with Crippen molar-refractivity contribution in [3.63, 3.8) is 0 Å². The molecule has 1 unspecified atom stereocenters. The van der Waals surface area contributed by atoms with Gasteiger partial charge in [-0.25, -0.2) is 4.79 Å². The molecule has 0 bridgehead atoms. The number of methoxy groups -OCH3 is 1. The summed E-state index contributed by atoms with van der Waals surface area (Å²) < 4.78 is 10.6. The van der Waals surface area contributed by atoms with Gasteiger partial charge in [-0.15, -0.1) is 0 Å². The minimum Gasteiger partial charge on any atom is -0.497 e. The van der Waals surface area contributed by atoms with Crippen LogP contribution in [0.4, 0.5) is 0 Å². The molecule has 0 spiro atoms. The molecule has 1 atom stereocenters. The van der Waals surface area contributed by atoms with Gasteiger partial charge in [-0.1, -0.05) is 0 Å². The van der Waals surface area contributed by atoms with Gasteiger partial charge in [-0.3, -0.25) is 9.59 Å². The molecule has 2 amide bonds. The Balaban J connectivity index is 2.17. The minimum atomic E-state index is -1.11. The molecule has 0 saturated carbocycles. The van der Waals surface area contributed by atoms with Gasteiger partial charge in [-0.05, 0) is 19.1 Å². The van der Waals surface area contributed by atoms with Crippen molar-refractivity contribution in [1.29, 1.82) is 0 Å². The molecule has 140 valence electrons. The predicted octanol–water partition coefficient (Wildman–Crippen LogP) is 1.42. The second-order valence-corrected chi connectivity index (χ2v) is 5.88. The highest BCUT2D eigenvalue weighted by atomic mass is 16.5. The summed E-state index contributed by atoms with van der Waals surface area (Å²) in [4.78, 5) is 36.2. The van der Waals surface area contributed by atoms with Crippen LogP contribution in [-0.2, 0) is 20.8 Å². The maximum absolute atomic E-state index is 12.7. The lowest BCUT2D eigenvalue weighted by Crippen LogP contribution is -2.47. The fourth-order valence-electron chi connectivity index (χ4n) is 2.61. The Kier molecular flexibility index (Phi) is 6.21. The number of aliphatic carboxylic acids is 1. The number of carboxylic acids is 1. The SMILES string of the molecule is COc1ccc2c(CC(=O)N(CCNC(C)=O)C(C)C(=O)O)coc2c1. The Morgan fingerprint density at radius 3 is 2.69 bits per heavy atom. The van der Waals surface area contributed by atoms with Gasteiger partial charge in [0.1, 0.15) is 17.4 Å². The molecular weight excluding hydrogens is 340 g/mol. The fourth-order valence-corrected chi connectivity index (χ4v) is 2.61. The van der Waals surface area contributed by atoms with Gasteiger partial charge >= 0.3 is 5.97 Å². The summed E-state index contributed by atoms with van der Waals surface area (Å²) in [6.45, 7) is 3.09. The lowest BCUT2D eigenvalue weighted by atomic mass is 10.1. The number of hydrogen-bond acceptors (Lipinski definition) is 5. The van der Waals surface area contributed by atoms with E-state index < -0.39 is 12.0 Å². The van der Waals surface area contributed by atoms with E-state index in [0.717, 1.165) is 5.39 Å². The third kappa shape index (κ3) is 4.53. The molecule has 1 aromatic carbocycles. The molecule has 0 radical (unpaired) electrons. The maximum atomic E-state index is 12.7. The number of furan rings is 1. The van der Waals surface area contributed by atoms with Crippen molar-refractivity contribution in [2.75, 3.05) is 20.2 Å². The van der Waals surface area contributed by atoms with Crippen molar-refractivity contribution in [1.82, 2.24) is 10.2 Å². The topological polar surface area (TPSA) is 109 Å². The van der Waals surface area contributed by atoms with E-state index in [1.54, 1.807) is 25.3 Å². The van der Waals surface area contributed by atoms with Crippen LogP contribution in [0.25, 0.3) is 11.0 Å². The number of nitrogens with zero attached hydrogens (tertiary/aromatic N) is 1. The summed E-state index contributed by atoms with van der Waals surface area (Å²) >= 11 is 0. The van der Waals surface area contributed by atoms with E-state index in [0.29, 0.717) is 16.9 Å². The molecule has 8 nitrogen and oxygen atoms in total. The smallest absolute Gasteiger partial charge is 0.326 e. The Bertz CT molecular complexity index is 813. The van der Waals surface area contributed by atoms with Gasteiger partial charge in [-0.2, -0.15) is 0 Å². The highest BCUT2D eigenvalue weighted by Gasteiger charge is 2.26. The van der Waals surface area contributed by atoms with Crippen LogP contribution >= 0.6 is 0 Å². The number of rotatable bonds is 8. The first kappa shape index (κ1) is 19.3. The number of carboxylic acid groups (broad SMARTS) is 1. The van der Waals surface area contributed by atoms with Crippen LogP contribution in [0.15, 0.2) is 28.9 Å². The molecule has 0 aliphatic rings. The predicted molar refractivity (Wildman–Crippen MR) is 94.0 cm³/mol. The number of ether oxygens (including phenoxy) is 1. The highest BCUT2D eigenvalue weighted by molar-refractivity contribution is 5.90. The van der Waals surface area contributed by atoms with E-state index in [9.17, 15) is 19.5 Å². The average Bonchev–Trinajstić information content (AvgIpc) is 2.99. The molecule has 2 aromatic rings. The minimum absolute atomic E-state index is 0.00296.